The summed E-state index contributed by atoms with van der Waals surface area (Å²) >= 11 is 0. The van der Waals surface area contributed by atoms with Crippen molar-refractivity contribution in [3.63, 3.8) is 0 Å². The van der Waals surface area contributed by atoms with Gasteiger partial charge in [0.2, 0.25) is 0 Å². The van der Waals surface area contributed by atoms with Crippen LogP contribution in [-0.4, -0.2) is 18.1 Å². The molecule has 0 radical (unpaired) electrons. The number of pyridine rings is 1. The van der Waals surface area contributed by atoms with Crippen molar-refractivity contribution >= 4 is 5.97 Å². The average Bonchev–Trinajstić information content (AvgIpc) is 2.29. The third-order valence-corrected chi connectivity index (χ3v) is 2.43. The van der Waals surface area contributed by atoms with Crippen molar-refractivity contribution in [2.24, 2.45) is 0 Å². The lowest BCUT2D eigenvalue weighted by Crippen LogP contribution is -2.19. The van der Waals surface area contributed by atoms with E-state index in [-0.39, 0.29) is 12.0 Å². The van der Waals surface area contributed by atoms with E-state index in [0.29, 0.717) is 0 Å². The van der Waals surface area contributed by atoms with Crippen LogP contribution >= 0.6 is 0 Å². The largest absolute Gasteiger partial charge is 0.469 e. The molecule has 0 aromatic carbocycles. The SMILES string of the molecule is CCC(C(=O)OC)c1cnccc1C(F)(F)F. The van der Waals surface area contributed by atoms with Crippen LogP contribution in [0, 0.1) is 0 Å². The monoisotopic (exact) mass is 247 g/mol. The van der Waals surface area contributed by atoms with Crippen LogP contribution in [0.3, 0.4) is 0 Å². The van der Waals surface area contributed by atoms with Gasteiger partial charge in [0.1, 0.15) is 0 Å². The molecule has 0 aliphatic carbocycles. The molecule has 1 aromatic rings. The highest BCUT2D eigenvalue weighted by Crippen LogP contribution is 2.35. The van der Waals surface area contributed by atoms with Gasteiger partial charge in [0.05, 0.1) is 18.6 Å². The normalized spacial score (nSPS) is 13.2. The standard InChI is InChI=1S/C11H12F3NO2/c1-3-7(10(16)17-2)8-6-15-5-4-9(8)11(12,13)14/h4-7H,3H2,1-2H3. The summed E-state index contributed by atoms with van der Waals surface area (Å²) in [5.41, 5.74) is -0.987. The molecule has 1 unspecified atom stereocenters. The molecule has 0 N–H and O–H groups in total. The molecule has 1 rings (SSSR count). The molecule has 94 valence electrons. The van der Waals surface area contributed by atoms with Gasteiger partial charge in [-0.15, -0.1) is 0 Å². The highest BCUT2D eigenvalue weighted by Gasteiger charge is 2.36. The smallest absolute Gasteiger partial charge is 0.416 e. The molecule has 0 aliphatic rings. The zero-order valence-electron chi connectivity index (χ0n) is 9.41. The third-order valence-electron chi connectivity index (χ3n) is 2.43. The van der Waals surface area contributed by atoms with Crippen LogP contribution < -0.4 is 0 Å². The molecule has 0 fully saturated rings. The van der Waals surface area contributed by atoms with E-state index in [1.165, 1.54) is 0 Å². The van der Waals surface area contributed by atoms with Gasteiger partial charge in [0.15, 0.2) is 0 Å². The number of hydrogen-bond donors (Lipinski definition) is 0. The Balaban J connectivity index is 3.25. The second-order valence-electron chi connectivity index (χ2n) is 3.44. The number of hydrogen-bond acceptors (Lipinski definition) is 3. The average molecular weight is 247 g/mol. The van der Waals surface area contributed by atoms with E-state index in [4.69, 9.17) is 0 Å². The van der Waals surface area contributed by atoms with E-state index in [2.05, 4.69) is 9.72 Å². The van der Waals surface area contributed by atoms with Crippen LogP contribution in [0.1, 0.15) is 30.4 Å². The second-order valence-corrected chi connectivity index (χ2v) is 3.44. The quantitative estimate of drug-likeness (QED) is 0.771. The van der Waals surface area contributed by atoms with Gasteiger partial charge in [-0.05, 0) is 18.1 Å². The number of rotatable bonds is 3. The second kappa shape index (κ2) is 5.16. The van der Waals surface area contributed by atoms with E-state index in [1.807, 2.05) is 0 Å². The lowest BCUT2D eigenvalue weighted by atomic mass is 9.93. The summed E-state index contributed by atoms with van der Waals surface area (Å²) in [7, 11) is 1.15. The van der Waals surface area contributed by atoms with Crippen molar-refractivity contribution in [1.29, 1.82) is 0 Å². The maximum absolute atomic E-state index is 12.7. The van der Waals surface area contributed by atoms with E-state index >= 15 is 0 Å². The van der Waals surface area contributed by atoms with Gasteiger partial charge in [0, 0.05) is 12.4 Å². The number of alkyl halides is 3. The predicted octanol–water partition coefficient (Wildman–Crippen LogP) is 2.77. The summed E-state index contributed by atoms with van der Waals surface area (Å²) in [5.74, 6) is -1.63. The minimum absolute atomic E-state index is 0.144. The van der Waals surface area contributed by atoms with E-state index in [1.54, 1.807) is 6.92 Å². The molecule has 1 heterocycles. The van der Waals surface area contributed by atoms with E-state index < -0.39 is 23.6 Å². The highest BCUT2D eigenvalue weighted by molar-refractivity contribution is 5.78. The number of halogens is 3. The number of carbonyl (C=O) groups excluding carboxylic acids is 1. The van der Waals surface area contributed by atoms with E-state index in [0.717, 1.165) is 25.6 Å². The Kier molecular flexibility index (Phi) is 4.09. The fourth-order valence-electron chi connectivity index (χ4n) is 1.60. The number of ether oxygens (including phenoxy) is 1. The summed E-state index contributed by atoms with van der Waals surface area (Å²) in [4.78, 5) is 15.0. The number of esters is 1. The fraction of sp³-hybridized carbons (Fsp3) is 0.455. The number of carbonyl (C=O) groups is 1. The summed E-state index contributed by atoms with van der Waals surface area (Å²) in [5, 5.41) is 0. The Morgan fingerprint density at radius 1 is 1.53 bits per heavy atom. The molecule has 0 saturated heterocycles. The number of methoxy groups -OCH3 is 1. The molecule has 0 saturated carbocycles. The third kappa shape index (κ3) is 2.95. The van der Waals surface area contributed by atoms with Crippen LogP contribution in [0.5, 0.6) is 0 Å². The van der Waals surface area contributed by atoms with Gasteiger partial charge in [-0.2, -0.15) is 13.2 Å². The van der Waals surface area contributed by atoms with Gasteiger partial charge < -0.3 is 4.74 Å². The van der Waals surface area contributed by atoms with Crippen molar-refractivity contribution < 1.29 is 22.7 Å². The summed E-state index contributed by atoms with van der Waals surface area (Å²) in [6, 6.07) is 0.862. The molecule has 0 amide bonds. The highest BCUT2D eigenvalue weighted by atomic mass is 19.4. The van der Waals surface area contributed by atoms with Gasteiger partial charge in [-0.25, -0.2) is 0 Å². The van der Waals surface area contributed by atoms with Crippen LogP contribution in [0.25, 0.3) is 0 Å². The van der Waals surface area contributed by atoms with Gasteiger partial charge in [-0.3, -0.25) is 9.78 Å². The van der Waals surface area contributed by atoms with Crippen LogP contribution in [0.4, 0.5) is 13.2 Å². The minimum Gasteiger partial charge on any atom is -0.469 e. The maximum Gasteiger partial charge on any atom is 0.416 e. The first-order valence-electron chi connectivity index (χ1n) is 5.00. The fourth-order valence-corrected chi connectivity index (χ4v) is 1.60. The van der Waals surface area contributed by atoms with Crippen molar-refractivity contribution in [3.8, 4) is 0 Å². The Morgan fingerprint density at radius 3 is 2.65 bits per heavy atom. The molecule has 0 bridgehead atoms. The molecular formula is C11H12F3NO2. The Bertz CT molecular complexity index is 404. The topological polar surface area (TPSA) is 39.2 Å². The molecule has 3 nitrogen and oxygen atoms in total. The van der Waals surface area contributed by atoms with Crippen LogP contribution in [0.2, 0.25) is 0 Å². The molecule has 6 heteroatoms. The first-order chi connectivity index (χ1) is 7.91. The predicted molar refractivity (Wildman–Crippen MR) is 54.3 cm³/mol. The van der Waals surface area contributed by atoms with Gasteiger partial charge in [0.25, 0.3) is 0 Å². The summed E-state index contributed by atoms with van der Waals surface area (Å²) in [6.45, 7) is 1.62. The molecular weight excluding hydrogens is 235 g/mol. The lowest BCUT2D eigenvalue weighted by molar-refractivity contribution is -0.144. The molecule has 1 aromatic heterocycles. The lowest BCUT2D eigenvalue weighted by Gasteiger charge is -2.17. The number of aromatic nitrogens is 1. The van der Waals surface area contributed by atoms with Crippen molar-refractivity contribution in [1.82, 2.24) is 4.98 Å². The van der Waals surface area contributed by atoms with Gasteiger partial charge >= 0.3 is 12.1 Å². The Morgan fingerprint density at radius 2 is 2.18 bits per heavy atom. The van der Waals surface area contributed by atoms with Crippen molar-refractivity contribution in [3.05, 3.63) is 29.6 Å². The zero-order chi connectivity index (χ0) is 13.1. The first-order valence-corrected chi connectivity index (χ1v) is 5.00. The molecule has 1 atom stereocenters. The van der Waals surface area contributed by atoms with Crippen LogP contribution in [-0.2, 0) is 15.7 Å². The Labute approximate surface area is 96.6 Å². The number of nitrogens with zero attached hydrogens (tertiary/aromatic N) is 1. The van der Waals surface area contributed by atoms with Crippen molar-refractivity contribution in [2.45, 2.75) is 25.4 Å². The molecule has 17 heavy (non-hydrogen) atoms. The van der Waals surface area contributed by atoms with E-state index in [9.17, 15) is 18.0 Å². The first kappa shape index (κ1) is 13.5. The molecule has 0 spiro atoms. The molecule has 0 aliphatic heterocycles. The van der Waals surface area contributed by atoms with Gasteiger partial charge in [-0.1, -0.05) is 6.92 Å². The summed E-state index contributed by atoms with van der Waals surface area (Å²) in [6.07, 6.45) is -2.16. The van der Waals surface area contributed by atoms with Crippen LogP contribution in [0.15, 0.2) is 18.5 Å². The maximum atomic E-state index is 12.7. The zero-order valence-corrected chi connectivity index (χ0v) is 9.41. The Hall–Kier alpha value is -1.59. The summed E-state index contributed by atoms with van der Waals surface area (Å²) < 4.78 is 42.7. The minimum atomic E-state index is -4.50. The van der Waals surface area contributed by atoms with Crippen molar-refractivity contribution in [2.75, 3.05) is 7.11 Å².